The molecular weight excluding hydrogens is 884 g/mol. The van der Waals surface area contributed by atoms with Crippen molar-refractivity contribution in [1.29, 1.82) is 0 Å². The number of para-hydroxylation sites is 8. The van der Waals surface area contributed by atoms with Crippen molar-refractivity contribution < 1.29 is 0 Å². The van der Waals surface area contributed by atoms with Crippen LogP contribution in [0.3, 0.4) is 0 Å². The fourth-order valence-electron chi connectivity index (χ4n) is 14.3. The van der Waals surface area contributed by atoms with E-state index in [-0.39, 0.29) is 13.4 Å². The molecule has 5 nitrogen and oxygen atoms in total. The smallest absolute Gasteiger partial charge is 0.252 e. The van der Waals surface area contributed by atoms with Crippen molar-refractivity contribution in [3.05, 3.63) is 237 Å². The van der Waals surface area contributed by atoms with Crippen LogP contribution in [-0.4, -0.2) is 27.1 Å². The molecule has 0 radical (unpaired) electrons. The van der Waals surface area contributed by atoms with E-state index < -0.39 is 0 Å². The van der Waals surface area contributed by atoms with Crippen molar-refractivity contribution in [2.24, 2.45) is 0 Å². The van der Waals surface area contributed by atoms with Crippen LogP contribution in [0.15, 0.2) is 237 Å². The lowest BCUT2D eigenvalue weighted by Gasteiger charge is -2.41. The zero-order valence-corrected chi connectivity index (χ0v) is 39.4. The van der Waals surface area contributed by atoms with Crippen molar-refractivity contribution in [1.82, 2.24) is 13.7 Å². The summed E-state index contributed by atoms with van der Waals surface area (Å²) in [7, 11) is 0. The minimum atomic E-state index is -0.0473. The molecule has 7 heterocycles. The van der Waals surface area contributed by atoms with Gasteiger partial charge in [0.15, 0.2) is 0 Å². The summed E-state index contributed by atoms with van der Waals surface area (Å²) in [6.45, 7) is 0.000105. The van der Waals surface area contributed by atoms with Gasteiger partial charge >= 0.3 is 0 Å². The second-order valence-electron chi connectivity index (χ2n) is 20.4. The predicted octanol–water partition coefficient (Wildman–Crippen LogP) is 12.2. The summed E-state index contributed by atoms with van der Waals surface area (Å²) in [5.74, 6) is 0. The van der Waals surface area contributed by atoms with Gasteiger partial charge in [0.25, 0.3) is 13.4 Å². The maximum atomic E-state index is 2.72. The fourth-order valence-corrected chi connectivity index (χ4v) is 14.3. The molecule has 0 N–H and O–H groups in total. The average molecular weight is 924 g/mol. The zero-order valence-electron chi connectivity index (χ0n) is 39.4. The monoisotopic (exact) mass is 923 g/mol. The number of fused-ring (bicyclic) bond motifs is 13. The largest absolute Gasteiger partial charge is 0.311 e. The number of anilines is 6. The number of aromatic nitrogens is 3. The molecule has 0 unspecified atom stereocenters. The quantitative estimate of drug-likeness (QED) is 0.155. The molecule has 0 amide bonds. The van der Waals surface area contributed by atoms with Crippen molar-refractivity contribution in [3.8, 4) is 17.1 Å². The molecule has 18 rings (SSSR count). The van der Waals surface area contributed by atoms with Gasteiger partial charge in [-0.2, -0.15) is 0 Å². The second kappa shape index (κ2) is 13.7. The Hall–Kier alpha value is -9.45. The van der Waals surface area contributed by atoms with E-state index in [9.17, 15) is 0 Å². The van der Waals surface area contributed by atoms with E-state index in [1.807, 2.05) is 0 Å². The Labute approximate surface area is 420 Å². The van der Waals surface area contributed by atoms with Gasteiger partial charge in [0, 0.05) is 106 Å². The van der Waals surface area contributed by atoms with Crippen LogP contribution in [0.4, 0.5) is 34.1 Å². The standard InChI is InChI=1S/C66H39B2N5/c1-5-18-40(19-6-1)69(41-20-7-2-8-21-41)44-34-35-57-50(36-44)48-28-16-31-53-63(48)72(57)59-39-58-60-66-61(59)68(53)55-38-45(70(42-22-9-3-10-23-42)43-24-11-4-12-25-43)37-51-49-29-17-32-54(64(49)73(66)65(51)55)67(60)52-30-15-27-47-46-26-13-14-33-56(46)71(58)62(47)52/h1-39H. The SMILES string of the molecule is c1ccc(N(c2ccccc2)c2ccc3c(c2)c2cccc4c2n3-c2cc3c5c6c2B4c2cc(N(c4ccccc4)c4ccccc4)cc4c7cccc(c7n-6c24)B5c2cccc4c5ccccc5n-3c24)cc1. The van der Waals surface area contributed by atoms with E-state index >= 15 is 0 Å². The summed E-state index contributed by atoms with van der Waals surface area (Å²) in [6.07, 6.45) is 0. The molecular formula is C66H39B2N5. The first-order valence-electron chi connectivity index (χ1n) is 25.5. The fraction of sp³-hybridized carbons (Fsp3) is 0. The second-order valence-corrected chi connectivity index (χ2v) is 20.4. The van der Waals surface area contributed by atoms with E-state index in [4.69, 9.17) is 0 Å². The van der Waals surface area contributed by atoms with Crippen LogP contribution >= 0.6 is 0 Å². The molecule has 4 aliphatic heterocycles. The van der Waals surface area contributed by atoms with Crippen LogP contribution in [0.5, 0.6) is 0 Å². The van der Waals surface area contributed by atoms with Crippen molar-refractivity contribution >= 4 is 146 Å². The first kappa shape index (κ1) is 38.3. The number of benzene rings is 11. The van der Waals surface area contributed by atoms with Gasteiger partial charge in [0.05, 0.1) is 11.0 Å². The van der Waals surface area contributed by atoms with Gasteiger partial charge in [0.1, 0.15) is 0 Å². The van der Waals surface area contributed by atoms with E-state index in [2.05, 4.69) is 260 Å². The molecule has 0 spiro atoms. The number of rotatable bonds is 6. The molecule has 0 aliphatic carbocycles. The Morgan fingerprint density at radius 3 is 1.23 bits per heavy atom. The maximum absolute atomic E-state index is 2.72. The first-order chi connectivity index (χ1) is 36.3. The molecule has 3 aromatic heterocycles. The Kier molecular flexibility index (Phi) is 7.19. The lowest BCUT2D eigenvalue weighted by Crippen LogP contribution is -2.66. The zero-order chi connectivity index (χ0) is 47.2. The minimum absolute atomic E-state index is 0.0473. The third kappa shape index (κ3) is 4.71. The Balaban J connectivity index is 1.01. The molecule has 73 heavy (non-hydrogen) atoms. The average Bonchev–Trinajstić information content (AvgIpc) is 4.23. The molecule has 4 aliphatic rings. The molecule has 0 fully saturated rings. The van der Waals surface area contributed by atoms with Gasteiger partial charge in [-0.15, -0.1) is 0 Å². The molecule has 11 aromatic carbocycles. The molecule has 334 valence electrons. The third-order valence-electron chi connectivity index (χ3n) is 16.9. The van der Waals surface area contributed by atoms with Crippen LogP contribution < -0.4 is 42.6 Å². The maximum Gasteiger partial charge on any atom is 0.252 e. The molecule has 0 saturated heterocycles. The van der Waals surface area contributed by atoms with Gasteiger partial charge < -0.3 is 23.5 Å². The summed E-state index contributed by atoms with van der Waals surface area (Å²) in [6, 6.07) is 88.5. The highest BCUT2D eigenvalue weighted by Gasteiger charge is 2.49. The normalized spacial score (nSPS) is 13.2. The van der Waals surface area contributed by atoms with E-state index in [1.165, 1.54) is 115 Å². The summed E-state index contributed by atoms with van der Waals surface area (Å²) in [5, 5.41) is 7.70. The van der Waals surface area contributed by atoms with E-state index in [1.54, 1.807) is 0 Å². The van der Waals surface area contributed by atoms with Gasteiger partial charge in [-0.1, -0.05) is 146 Å². The lowest BCUT2D eigenvalue weighted by atomic mass is 9.30. The number of nitrogens with zero attached hydrogens (tertiary/aromatic N) is 5. The number of hydrogen-bond donors (Lipinski definition) is 0. The summed E-state index contributed by atoms with van der Waals surface area (Å²) in [4.78, 5) is 4.84. The van der Waals surface area contributed by atoms with Crippen molar-refractivity contribution in [2.45, 2.75) is 0 Å². The van der Waals surface area contributed by atoms with Crippen molar-refractivity contribution in [3.63, 3.8) is 0 Å². The Morgan fingerprint density at radius 2 is 0.671 bits per heavy atom. The molecule has 0 atom stereocenters. The van der Waals surface area contributed by atoms with Crippen LogP contribution in [0.25, 0.3) is 82.5 Å². The molecule has 0 bridgehead atoms. The summed E-state index contributed by atoms with van der Waals surface area (Å²) in [5.41, 5.74) is 26.6. The highest BCUT2D eigenvalue weighted by molar-refractivity contribution is 7.04. The predicted molar refractivity (Wildman–Crippen MR) is 308 cm³/mol. The van der Waals surface area contributed by atoms with Gasteiger partial charge in [-0.05, 0) is 124 Å². The highest BCUT2D eigenvalue weighted by Crippen LogP contribution is 2.46. The number of hydrogen-bond acceptors (Lipinski definition) is 2. The summed E-state index contributed by atoms with van der Waals surface area (Å²) >= 11 is 0. The van der Waals surface area contributed by atoms with Crippen molar-refractivity contribution in [2.75, 3.05) is 9.80 Å². The Morgan fingerprint density at radius 1 is 0.260 bits per heavy atom. The highest BCUT2D eigenvalue weighted by atomic mass is 15.2. The first-order valence-corrected chi connectivity index (χ1v) is 25.5. The topological polar surface area (TPSA) is 21.3 Å². The van der Waals surface area contributed by atoms with E-state index in [0.29, 0.717) is 0 Å². The Bertz CT molecular complexity index is 4670. The van der Waals surface area contributed by atoms with E-state index in [0.717, 1.165) is 34.1 Å². The van der Waals surface area contributed by atoms with Crippen LogP contribution in [-0.2, 0) is 0 Å². The molecule has 7 heteroatoms. The van der Waals surface area contributed by atoms with Gasteiger partial charge in [0.2, 0.25) is 0 Å². The van der Waals surface area contributed by atoms with Crippen LogP contribution in [0.2, 0.25) is 0 Å². The third-order valence-corrected chi connectivity index (χ3v) is 16.9. The van der Waals surface area contributed by atoms with Crippen LogP contribution in [0.1, 0.15) is 0 Å². The molecule has 14 aromatic rings. The van der Waals surface area contributed by atoms with Gasteiger partial charge in [-0.3, -0.25) is 0 Å². The lowest BCUT2D eigenvalue weighted by molar-refractivity contribution is 1.11. The minimum Gasteiger partial charge on any atom is -0.311 e. The van der Waals surface area contributed by atoms with Gasteiger partial charge in [-0.25, -0.2) is 0 Å². The molecule has 0 saturated carbocycles. The van der Waals surface area contributed by atoms with Crippen LogP contribution in [0, 0.1) is 0 Å². The summed E-state index contributed by atoms with van der Waals surface area (Å²) < 4.78 is 7.99.